The first-order chi connectivity index (χ1) is 15.5. The number of nitrogen functional groups attached to an aromatic ring is 1. The molecule has 0 fully saturated rings. The van der Waals surface area contributed by atoms with E-state index in [4.69, 9.17) is 15.5 Å². The van der Waals surface area contributed by atoms with Gasteiger partial charge in [0.1, 0.15) is 22.0 Å². The van der Waals surface area contributed by atoms with Crippen molar-refractivity contribution in [3.8, 4) is 11.4 Å². The molecule has 7 nitrogen and oxygen atoms in total. The van der Waals surface area contributed by atoms with E-state index in [1.54, 1.807) is 41.0 Å². The fraction of sp³-hybridized carbons (Fsp3) is 0.0833. The van der Waals surface area contributed by atoms with Gasteiger partial charge in [0.25, 0.3) is 0 Å². The van der Waals surface area contributed by atoms with Crippen molar-refractivity contribution in [2.24, 2.45) is 0 Å². The monoisotopic (exact) mass is 444 g/mol. The number of hydrogen-bond donors (Lipinski definition) is 1. The molecule has 2 aromatic heterocycles. The highest BCUT2D eigenvalue weighted by Crippen LogP contribution is 2.37. The number of nitrogens with zero attached hydrogens (tertiary/aromatic N) is 3. The van der Waals surface area contributed by atoms with Gasteiger partial charge in [-0.05, 0) is 55.5 Å². The SMILES string of the molecule is CCOc1ccc(-n2c(N)c(S(=O)(=O)c3ccccc3)c3nc4ccccc4nc32)cc1. The lowest BCUT2D eigenvalue weighted by atomic mass is 10.3. The van der Waals surface area contributed by atoms with Crippen LogP contribution in [0.5, 0.6) is 5.75 Å². The van der Waals surface area contributed by atoms with E-state index < -0.39 is 9.84 Å². The largest absolute Gasteiger partial charge is 0.494 e. The van der Waals surface area contributed by atoms with E-state index in [2.05, 4.69) is 4.98 Å². The molecule has 8 heteroatoms. The Morgan fingerprint density at radius 1 is 0.875 bits per heavy atom. The zero-order chi connectivity index (χ0) is 22.3. The predicted molar refractivity (Wildman–Crippen MR) is 124 cm³/mol. The van der Waals surface area contributed by atoms with Gasteiger partial charge in [-0.1, -0.05) is 30.3 Å². The van der Waals surface area contributed by atoms with Crippen LogP contribution in [0.25, 0.3) is 27.9 Å². The lowest BCUT2D eigenvalue weighted by Gasteiger charge is -2.10. The topological polar surface area (TPSA) is 100 Å². The molecule has 5 rings (SSSR count). The maximum atomic E-state index is 13.6. The smallest absolute Gasteiger partial charge is 0.212 e. The van der Waals surface area contributed by atoms with Crippen molar-refractivity contribution in [3.05, 3.63) is 78.9 Å². The molecule has 0 amide bonds. The van der Waals surface area contributed by atoms with Crippen molar-refractivity contribution in [2.75, 3.05) is 12.3 Å². The van der Waals surface area contributed by atoms with E-state index in [1.807, 2.05) is 49.4 Å². The Morgan fingerprint density at radius 3 is 2.16 bits per heavy atom. The number of ether oxygens (including phenoxy) is 1. The van der Waals surface area contributed by atoms with Gasteiger partial charge in [-0.15, -0.1) is 0 Å². The molecule has 0 aliphatic carbocycles. The van der Waals surface area contributed by atoms with E-state index in [0.29, 0.717) is 34.7 Å². The van der Waals surface area contributed by atoms with Gasteiger partial charge in [-0.3, -0.25) is 4.57 Å². The van der Waals surface area contributed by atoms with Crippen LogP contribution >= 0.6 is 0 Å². The van der Waals surface area contributed by atoms with Gasteiger partial charge in [0.2, 0.25) is 9.84 Å². The Morgan fingerprint density at radius 2 is 1.50 bits per heavy atom. The molecular weight excluding hydrogens is 424 g/mol. The van der Waals surface area contributed by atoms with Crippen LogP contribution in [0.2, 0.25) is 0 Å². The summed E-state index contributed by atoms with van der Waals surface area (Å²) in [4.78, 5) is 9.48. The second kappa shape index (κ2) is 7.65. The van der Waals surface area contributed by atoms with Gasteiger partial charge in [-0.25, -0.2) is 18.4 Å². The van der Waals surface area contributed by atoms with E-state index in [9.17, 15) is 8.42 Å². The van der Waals surface area contributed by atoms with E-state index in [1.165, 1.54) is 0 Å². The van der Waals surface area contributed by atoms with Gasteiger partial charge < -0.3 is 10.5 Å². The Bertz CT molecular complexity index is 1540. The number of sulfone groups is 1. The van der Waals surface area contributed by atoms with Gasteiger partial charge in [0, 0.05) is 5.69 Å². The summed E-state index contributed by atoms with van der Waals surface area (Å²) >= 11 is 0. The molecule has 3 aromatic carbocycles. The second-order valence-electron chi connectivity index (χ2n) is 7.18. The van der Waals surface area contributed by atoms with E-state index >= 15 is 0 Å². The van der Waals surface area contributed by atoms with Gasteiger partial charge in [0.15, 0.2) is 5.65 Å². The number of rotatable bonds is 5. The van der Waals surface area contributed by atoms with Crippen LogP contribution in [0.3, 0.4) is 0 Å². The maximum absolute atomic E-state index is 13.6. The molecule has 0 radical (unpaired) electrons. The minimum Gasteiger partial charge on any atom is -0.494 e. The first-order valence-electron chi connectivity index (χ1n) is 10.1. The third kappa shape index (κ3) is 3.16. The molecule has 5 aromatic rings. The Hall–Kier alpha value is -3.91. The summed E-state index contributed by atoms with van der Waals surface area (Å²) in [5.41, 5.74) is 9.01. The molecule has 0 unspecified atom stereocenters. The Balaban J connectivity index is 1.85. The molecule has 2 heterocycles. The molecule has 160 valence electrons. The minimum atomic E-state index is -3.94. The summed E-state index contributed by atoms with van der Waals surface area (Å²) in [5, 5.41) is 0. The van der Waals surface area contributed by atoms with Crippen LogP contribution < -0.4 is 10.5 Å². The average molecular weight is 445 g/mol. The van der Waals surface area contributed by atoms with Crippen molar-refractivity contribution in [2.45, 2.75) is 16.7 Å². The summed E-state index contributed by atoms with van der Waals surface area (Å²) in [7, 11) is -3.94. The van der Waals surface area contributed by atoms with Crippen LogP contribution in [0.15, 0.2) is 88.7 Å². The number of hydrogen-bond acceptors (Lipinski definition) is 6. The number of para-hydroxylation sites is 2. The Labute approximate surface area is 185 Å². The highest BCUT2D eigenvalue weighted by atomic mass is 32.2. The maximum Gasteiger partial charge on any atom is 0.212 e. The summed E-state index contributed by atoms with van der Waals surface area (Å²) in [6.45, 7) is 2.46. The van der Waals surface area contributed by atoms with Gasteiger partial charge in [0.05, 0.1) is 22.5 Å². The molecule has 0 spiro atoms. The average Bonchev–Trinajstić information content (AvgIpc) is 3.10. The minimum absolute atomic E-state index is 0.0502. The number of nitrogens with two attached hydrogens (primary N) is 1. The van der Waals surface area contributed by atoms with Crippen molar-refractivity contribution in [1.82, 2.24) is 14.5 Å². The molecule has 0 atom stereocenters. The standard InChI is InChI=1S/C24H20N4O3S/c1-2-31-17-14-12-16(13-15-17)28-23(25)22(32(29,30)18-8-4-3-5-9-18)21-24(28)27-20-11-7-6-10-19(20)26-21/h3-15H,2,25H2,1H3. The van der Waals surface area contributed by atoms with Crippen LogP contribution in [-0.2, 0) is 9.84 Å². The van der Waals surface area contributed by atoms with Crippen LogP contribution in [0, 0.1) is 0 Å². The van der Waals surface area contributed by atoms with Crippen molar-refractivity contribution < 1.29 is 13.2 Å². The fourth-order valence-corrected chi connectivity index (χ4v) is 5.25. The summed E-state index contributed by atoms with van der Waals surface area (Å²) in [5.74, 6) is 0.767. The lowest BCUT2D eigenvalue weighted by molar-refractivity contribution is 0.340. The summed E-state index contributed by atoms with van der Waals surface area (Å²) < 4.78 is 34.4. The molecule has 2 N–H and O–H groups in total. The van der Waals surface area contributed by atoms with Gasteiger partial charge in [-0.2, -0.15) is 0 Å². The van der Waals surface area contributed by atoms with Gasteiger partial charge >= 0.3 is 0 Å². The number of aromatic nitrogens is 3. The molecule has 0 bridgehead atoms. The molecule has 0 saturated carbocycles. The zero-order valence-corrected chi connectivity index (χ0v) is 18.1. The zero-order valence-electron chi connectivity index (χ0n) is 17.3. The molecule has 0 saturated heterocycles. The normalized spacial score (nSPS) is 11.8. The van der Waals surface area contributed by atoms with E-state index in [-0.39, 0.29) is 21.1 Å². The number of fused-ring (bicyclic) bond motifs is 2. The Kier molecular flexibility index (Phi) is 4.79. The third-order valence-electron chi connectivity index (χ3n) is 5.18. The number of benzene rings is 3. The first-order valence-corrected chi connectivity index (χ1v) is 11.6. The highest BCUT2D eigenvalue weighted by molar-refractivity contribution is 7.92. The van der Waals surface area contributed by atoms with Crippen LogP contribution in [-0.4, -0.2) is 29.6 Å². The third-order valence-corrected chi connectivity index (χ3v) is 7.01. The number of anilines is 1. The van der Waals surface area contributed by atoms with Crippen molar-refractivity contribution in [3.63, 3.8) is 0 Å². The van der Waals surface area contributed by atoms with Crippen LogP contribution in [0.1, 0.15) is 6.92 Å². The molecule has 0 aliphatic rings. The molecular formula is C24H20N4O3S. The van der Waals surface area contributed by atoms with Crippen molar-refractivity contribution >= 4 is 37.9 Å². The van der Waals surface area contributed by atoms with Crippen LogP contribution in [0.4, 0.5) is 5.82 Å². The summed E-state index contributed by atoms with van der Waals surface area (Å²) in [6, 6.07) is 22.8. The fourth-order valence-electron chi connectivity index (χ4n) is 3.74. The quantitative estimate of drug-likeness (QED) is 0.432. The van der Waals surface area contributed by atoms with Crippen molar-refractivity contribution in [1.29, 1.82) is 0 Å². The summed E-state index contributed by atoms with van der Waals surface area (Å²) in [6.07, 6.45) is 0. The van der Waals surface area contributed by atoms with E-state index in [0.717, 1.165) is 0 Å². The molecule has 32 heavy (non-hydrogen) atoms. The molecule has 0 aliphatic heterocycles. The first kappa shape index (κ1) is 20.0. The predicted octanol–water partition coefficient (Wildman–Crippen LogP) is 4.39. The highest BCUT2D eigenvalue weighted by Gasteiger charge is 2.30. The second-order valence-corrected chi connectivity index (χ2v) is 9.06. The lowest BCUT2D eigenvalue weighted by Crippen LogP contribution is -2.07.